The van der Waals surface area contributed by atoms with E-state index < -0.39 is 23.6 Å². The number of nitrogens with zero attached hydrogens (tertiary/aromatic N) is 2. The van der Waals surface area contributed by atoms with Crippen LogP contribution in [0.3, 0.4) is 0 Å². The van der Waals surface area contributed by atoms with Crippen LogP contribution in [0.15, 0.2) is 78.9 Å². The number of esters is 1. The van der Waals surface area contributed by atoms with Crippen molar-refractivity contribution in [1.82, 2.24) is 9.96 Å². The molecular formula is C32H35FN2O7. The average molecular weight is 579 g/mol. The van der Waals surface area contributed by atoms with Gasteiger partial charge in [-0.2, -0.15) is 0 Å². The van der Waals surface area contributed by atoms with E-state index in [1.807, 2.05) is 24.3 Å². The Balaban J connectivity index is 1.44. The lowest BCUT2D eigenvalue weighted by Gasteiger charge is -2.16. The second-order valence-electron chi connectivity index (χ2n) is 10.2. The van der Waals surface area contributed by atoms with Gasteiger partial charge in [0.05, 0.1) is 30.6 Å². The second kappa shape index (κ2) is 14.3. The summed E-state index contributed by atoms with van der Waals surface area (Å²) in [4.78, 5) is 17.0. The van der Waals surface area contributed by atoms with Crippen molar-refractivity contribution < 1.29 is 39.4 Å². The molecule has 3 aromatic carbocycles. The standard InChI is InChI=1S/C32H35FN2O7/c1-21(2)34-29-10-6-5-9-28(29)32(22-11-13-25(33)14-12-22)30(34)16-15-26(36)17-27(37)18-31(38)41-19-23-7-3-4-8-24(23)20-42-35(39)40/h3-16,21,26-27,36-37,39-40H,17-20H2,1-2H3/b16-15+/t26-,27-/m1/s1. The number of aliphatic hydroxyl groups is 2. The molecule has 0 fully saturated rings. The number of fused-ring (bicyclic) bond motifs is 1. The molecule has 0 saturated carbocycles. The van der Waals surface area contributed by atoms with Gasteiger partial charge < -0.3 is 19.5 Å². The molecule has 0 bridgehead atoms. The van der Waals surface area contributed by atoms with Gasteiger partial charge in [0.1, 0.15) is 12.4 Å². The molecule has 222 valence electrons. The lowest BCUT2D eigenvalue weighted by atomic mass is 10.0. The minimum atomic E-state index is -1.15. The SMILES string of the molecule is CC(C)n1c(/C=C/[C@@H](O)C[C@@H](O)CC(=O)OCc2ccccc2CON(O)O)c(-c2ccc(F)cc2)c2ccccc21. The van der Waals surface area contributed by atoms with Crippen molar-refractivity contribution in [2.75, 3.05) is 0 Å². The molecule has 9 nitrogen and oxygen atoms in total. The maximum absolute atomic E-state index is 13.7. The molecule has 10 heteroatoms. The third-order valence-corrected chi connectivity index (χ3v) is 6.83. The van der Waals surface area contributed by atoms with Crippen molar-refractivity contribution in [2.24, 2.45) is 0 Å². The number of aromatic nitrogens is 1. The van der Waals surface area contributed by atoms with Crippen molar-refractivity contribution in [2.45, 2.75) is 58.2 Å². The Kier molecular flexibility index (Phi) is 10.6. The fraction of sp³-hybridized carbons (Fsp3) is 0.281. The third kappa shape index (κ3) is 7.89. The van der Waals surface area contributed by atoms with E-state index in [1.54, 1.807) is 48.6 Å². The molecule has 0 unspecified atom stereocenters. The number of carbonyl (C=O) groups is 1. The van der Waals surface area contributed by atoms with Gasteiger partial charge in [-0.1, -0.05) is 60.7 Å². The van der Waals surface area contributed by atoms with Crippen LogP contribution < -0.4 is 0 Å². The summed E-state index contributed by atoms with van der Waals surface area (Å²) >= 11 is 0. The molecule has 4 N–H and O–H groups in total. The highest BCUT2D eigenvalue weighted by Gasteiger charge is 2.20. The van der Waals surface area contributed by atoms with Crippen molar-refractivity contribution in [1.29, 1.82) is 0 Å². The van der Waals surface area contributed by atoms with Crippen molar-refractivity contribution in [3.05, 3.63) is 102 Å². The van der Waals surface area contributed by atoms with Crippen LogP contribution in [0, 0.1) is 5.82 Å². The topological polar surface area (TPSA) is 125 Å². The molecule has 1 aromatic heterocycles. The first-order chi connectivity index (χ1) is 20.1. The molecule has 42 heavy (non-hydrogen) atoms. The molecule has 0 aliphatic heterocycles. The van der Waals surface area contributed by atoms with Gasteiger partial charge in [-0.25, -0.2) is 9.23 Å². The largest absolute Gasteiger partial charge is 0.461 e. The zero-order chi connectivity index (χ0) is 30.2. The summed E-state index contributed by atoms with van der Waals surface area (Å²) in [5.41, 5.74) is 4.76. The van der Waals surface area contributed by atoms with Crippen LogP contribution in [0.5, 0.6) is 0 Å². The van der Waals surface area contributed by atoms with Gasteiger partial charge in [-0.15, -0.1) is 0 Å². The lowest BCUT2D eigenvalue weighted by Crippen LogP contribution is -2.21. The summed E-state index contributed by atoms with van der Waals surface area (Å²) in [6, 6.07) is 21.2. The molecule has 0 aliphatic rings. The first kappa shape index (κ1) is 31.0. The van der Waals surface area contributed by atoms with E-state index in [4.69, 9.17) is 15.2 Å². The third-order valence-electron chi connectivity index (χ3n) is 6.83. The molecule has 4 rings (SSSR count). The molecular weight excluding hydrogens is 543 g/mol. The van der Waals surface area contributed by atoms with Crippen molar-refractivity contribution >= 4 is 22.9 Å². The number of halogens is 1. The molecule has 0 spiro atoms. The van der Waals surface area contributed by atoms with Crippen LogP contribution in [0.2, 0.25) is 0 Å². The fourth-order valence-corrected chi connectivity index (χ4v) is 4.94. The number of para-hydroxylation sites is 1. The summed E-state index contributed by atoms with van der Waals surface area (Å²) in [5.74, 6) is -0.983. The summed E-state index contributed by atoms with van der Waals surface area (Å²) in [7, 11) is 0. The van der Waals surface area contributed by atoms with Crippen LogP contribution in [0.1, 0.15) is 49.6 Å². The minimum Gasteiger partial charge on any atom is -0.461 e. The van der Waals surface area contributed by atoms with Crippen LogP contribution in [0.25, 0.3) is 28.1 Å². The van der Waals surface area contributed by atoms with Gasteiger partial charge in [0.25, 0.3) is 0 Å². The van der Waals surface area contributed by atoms with E-state index in [1.165, 1.54) is 12.1 Å². The number of ether oxygens (including phenoxy) is 1. The van der Waals surface area contributed by atoms with Crippen LogP contribution in [0.4, 0.5) is 4.39 Å². The highest BCUT2D eigenvalue weighted by atomic mass is 19.1. The zero-order valence-corrected chi connectivity index (χ0v) is 23.4. The number of carbonyl (C=O) groups excluding carboxylic acids is 1. The van der Waals surface area contributed by atoms with E-state index in [0.29, 0.717) is 11.1 Å². The molecule has 1 heterocycles. The summed E-state index contributed by atoms with van der Waals surface area (Å²) in [6.07, 6.45) is 0.764. The van der Waals surface area contributed by atoms with E-state index in [0.717, 1.165) is 27.7 Å². The highest BCUT2D eigenvalue weighted by molar-refractivity contribution is 6.01. The minimum absolute atomic E-state index is 0.0872. The molecule has 2 atom stereocenters. The van der Waals surface area contributed by atoms with Gasteiger partial charge >= 0.3 is 5.97 Å². The normalized spacial score (nSPS) is 13.4. The Bertz CT molecular complexity index is 1520. The zero-order valence-electron chi connectivity index (χ0n) is 23.4. The predicted octanol–water partition coefficient (Wildman–Crippen LogP) is 5.80. The first-order valence-electron chi connectivity index (χ1n) is 13.6. The van der Waals surface area contributed by atoms with Crippen molar-refractivity contribution in [3.63, 3.8) is 0 Å². The summed E-state index contributed by atoms with van der Waals surface area (Å²) < 4.78 is 21.1. The van der Waals surface area contributed by atoms with E-state index in [-0.39, 0.29) is 37.9 Å². The quantitative estimate of drug-likeness (QED) is 0.116. The maximum Gasteiger partial charge on any atom is 0.308 e. The van der Waals surface area contributed by atoms with Gasteiger partial charge in [0, 0.05) is 34.6 Å². The molecule has 4 aromatic rings. The molecule has 0 amide bonds. The fourth-order valence-electron chi connectivity index (χ4n) is 4.94. The summed E-state index contributed by atoms with van der Waals surface area (Å²) in [5, 5.41) is 39.3. The predicted molar refractivity (Wildman–Crippen MR) is 154 cm³/mol. The second-order valence-corrected chi connectivity index (χ2v) is 10.2. The summed E-state index contributed by atoms with van der Waals surface area (Å²) in [6.45, 7) is 3.86. The lowest BCUT2D eigenvalue weighted by molar-refractivity contribution is -0.497. The Hall–Kier alpha value is -3.90. The number of aliphatic hydroxyl groups excluding tert-OH is 2. The van der Waals surface area contributed by atoms with Crippen molar-refractivity contribution in [3.8, 4) is 11.1 Å². The number of hydrogen-bond acceptors (Lipinski definition) is 8. The Morgan fingerprint density at radius 2 is 1.60 bits per heavy atom. The number of hydrogen-bond donors (Lipinski definition) is 4. The van der Waals surface area contributed by atoms with Gasteiger partial charge in [0.15, 0.2) is 0 Å². The smallest absolute Gasteiger partial charge is 0.308 e. The van der Waals surface area contributed by atoms with E-state index in [2.05, 4.69) is 23.3 Å². The van der Waals surface area contributed by atoms with Crippen LogP contribution in [-0.2, 0) is 27.6 Å². The van der Waals surface area contributed by atoms with Gasteiger partial charge in [-0.3, -0.25) is 15.2 Å². The average Bonchev–Trinajstić information content (AvgIpc) is 3.29. The Labute approximate surface area is 243 Å². The number of benzene rings is 3. The first-order valence-corrected chi connectivity index (χ1v) is 13.6. The Morgan fingerprint density at radius 1 is 0.952 bits per heavy atom. The van der Waals surface area contributed by atoms with Crippen LogP contribution >= 0.6 is 0 Å². The van der Waals surface area contributed by atoms with Gasteiger partial charge in [0.2, 0.25) is 0 Å². The van der Waals surface area contributed by atoms with Gasteiger partial charge in [-0.05, 0) is 54.8 Å². The molecule has 0 aliphatic carbocycles. The Morgan fingerprint density at radius 3 is 2.26 bits per heavy atom. The van der Waals surface area contributed by atoms with E-state index >= 15 is 0 Å². The highest BCUT2D eigenvalue weighted by Crippen LogP contribution is 2.38. The molecule has 0 radical (unpaired) electrons. The monoisotopic (exact) mass is 578 g/mol. The van der Waals surface area contributed by atoms with E-state index in [9.17, 15) is 19.4 Å². The maximum atomic E-state index is 13.7. The van der Waals surface area contributed by atoms with Crippen LogP contribution in [-0.4, -0.2) is 48.8 Å². The molecule has 0 saturated heterocycles. The number of rotatable bonds is 13.